The smallest absolute Gasteiger partial charge is 0.450 e. The van der Waals surface area contributed by atoms with Gasteiger partial charge in [0.05, 0.1) is 30.7 Å². The molecule has 0 radical (unpaired) electrons. The molecule has 13 heteroatoms. The number of likely N-dealkylation sites (tertiary alicyclic amines) is 1. The van der Waals surface area contributed by atoms with E-state index in [9.17, 15) is 14.4 Å². The van der Waals surface area contributed by atoms with Gasteiger partial charge in [0.25, 0.3) is 0 Å². The second-order valence-electron chi connectivity index (χ2n) is 8.59. The lowest BCUT2D eigenvalue weighted by molar-refractivity contribution is -0.131. The van der Waals surface area contributed by atoms with Crippen molar-refractivity contribution >= 4 is 35.0 Å². The Kier molecular flexibility index (Phi) is 9.26. The minimum absolute atomic E-state index is 0.0162. The van der Waals surface area contributed by atoms with E-state index in [4.69, 9.17) is 20.5 Å². The first-order chi connectivity index (χ1) is 17.3. The molecule has 2 atom stereocenters. The molecule has 1 saturated heterocycles. The predicted molar refractivity (Wildman–Crippen MR) is 128 cm³/mol. The zero-order valence-corrected chi connectivity index (χ0v) is 20.5. The SMILES string of the molecule is C[C@@H]1CCN(C(=O)CC#N)C[C@@H]1N(C)c1ncnc2c1ccn2COC(=O)OCCCCOC(N)=O. The number of likely N-dealkylation sites (N-methyl/N-ethyl adjacent to an activating group) is 1. The van der Waals surface area contributed by atoms with Crippen LogP contribution in [0.5, 0.6) is 0 Å². The molecule has 0 unspecified atom stereocenters. The molecule has 0 spiro atoms. The van der Waals surface area contributed by atoms with Gasteiger partial charge >= 0.3 is 12.2 Å². The van der Waals surface area contributed by atoms with Gasteiger partial charge in [-0.05, 0) is 31.2 Å². The second kappa shape index (κ2) is 12.6. The molecule has 2 aromatic rings. The highest BCUT2D eigenvalue weighted by Crippen LogP contribution is 2.29. The topological polar surface area (TPSA) is 166 Å². The Balaban J connectivity index is 1.59. The average molecular weight is 502 g/mol. The van der Waals surface area contributed by atoms with Crippen LogP contribution in [0.15, 0.2) is 18.6 Å². The number of anilines is 1. The number of hydrogen-bond acceptors (Lipinski definition) is 10. The van der Waals surface area contributed by atoms with Crippen molar-refractivity contribution in [1.29, 1.82) is 5.26 Å². The molecule has 36 heavy (non-hydrogen) atoms. The van der Waals surface area contributed by atoms with Crippen LogP contribution in [0, 0.1) is 17.2 Å². The van der Waals surface area contributed by atoms with E-state index in [-0.39, 0.29) is 38.3 Å². The number of hydrogen-bond donors (Lipinski definition) is 1. The van der Waals surface area contributed by atoms with Crippen molar-refractivity contribution in [3.8, 4) is 6.07 Å². The quantitative estimate of drug-likeness (QED) is 0.376. The molecular formula is C23H31N7O6. The van der Waals surface area contributed by atoms with Gasteiger partial charge in [-0.25, -0.2) is 19.6 Å². The molecule has 1 aliphatic rings. The van der Waals surface area contributed by atoms with Crippen LogP contribution in [0.4, 0.5) is 15.4 Å². The number of nitrogens with zero attached hydrogens (tertiary/aromatic N) is 6. The third-order valence-electron chi connectivity index (χ3n) is 6.19. The number of amides is 2. The van der Waals surface area contributed by atoms with Crippen molar-refractivity contribution in [3.63, 3.8) is 0 Å². The third kappa shape index (κ3) is 6.74. The number of piperidine rings is 1. The molecular weight excluding hydrogens is 470 g/mol. The van der Waals surface area contributed by atoms with E-state index in [1.165, 1.54) is 6.33 Å². The molecule has 0 bridgehead atoms. The Bertz CT molecular complexity index is 1110. The van der Waals surface area contributed by atoms with Gasteiger partial charge in [-0.15, -0.1) is 0 Å². The third-order valence-corrected chi connectivity index (χ3v) is 6.19. The maximum atomic E-state index is 12.3. The maximum absolute atomic E-state index is 12.3. The highest BCUT2D eigenvalue weighted by atomic mass is 16.7. The molecule has 2 N–H and O–H groups in total. The maximum Gasteiger partial charge on any atom is 0.510 e. The monoisotopic (exact) mass is 501 g/mol. The lowest BCUT2D eigenvalue weighted by Crippen LogP contribution is -2.52. The largest absolute Gasteiger partial charge is 0.510 e. The average Bonchev–Trinajstić information content (AvgIpc) is 3.28. The summed E-state index contributed by atoms with van der Waals surface area (Å²) < 4.78 is 16.5. The van der Waals surface area contributed by atoms with E-state index in [1.807, 2.05) is 24.1 Å². The van der Waals surface area contributed by atoms with Crippen LogP contribution in [0.1, 0.15) is 32.6 Å². The van der Waals surface area contributed by atoms with Crippen LogP contribution in [-0.4, -0.2) is 77.0 Å². The van der Waals surface area contributed by atoms with Gasteiger partial charge in [-0.1, -0.05) is 6.92 Å². The van der Waals surface area contributed by atoms with E-state index in [1.54, 1.807) is 15.7 Å². The Morgan fingerprint density at radius 3 is 2.69 bits per heavy atom. The predicted octanol–water partition coefficient (Wildman–Crippen LogP) is 2.00. The van der Waals surface area contributed by atoms with Gasteiger partial charge in [0, 0.05) is 26.3 Å². The summed E-state index contributed by atoms with van der Waals surface area (Å²) in [6.07, 6.45) is 3.24. The zero-order valence-electron chi connectivity index (χ0n) is 20.5. The molecule has 13 nitrogen and oxygen atoms in total. The number of aromatic nitrogens is 3. The van der Waals surface area contributed by atoms with Crippen molar-refractivity contribution in [2.45, 2.75) is 45.4 Å². The van der Waals surface area contributed by atoms with E-state index < -0.39 is 12.2 Å². The van der Waals surface area contributed by atoms with Crippen molar-refractivity contribution in [2.75, 3.05) is 38.3 Å². The van der Waals surface area contributed by atoms with Crippen LogP contribution in [0.25, 0.3) is 11.0 Å². The Morgan fingerprint density at radius 1 is 1.22 bits per heavy atom. The number of fused-ring (bicyclic) bond motifs is 1. The Labute approximate surface area is 208 Å². The van der Waals surface area contributed by atoms with Crippen LogP contribution in [0.2, 0.25) is 0 Å². The molecule has 3 rings (SSSR count). The first-order valence-electron chi connectivity index (χ1n) is 11.7. The lowest BCUT2D eigenvalue weighted by Gasteiger charge is -2.42. The van der Waals surface area contributed by atoms with Crippen LogP contribution in [-0.2, 0) is 25.7 Å². The first-order valence-corrected chi connectivity index (χ1v) is 11.7. The first kappa shape index (κ1) is 26.5. The minimum atomic E-state index is -0.839. The van der Waals surface area contributed by atoms with Gasteiger partial charge in [0.2, 0.25) is 5.91 Å². The number of carbonyl (C=O) groups excluding carboxylic acids is 3. The summed E-state index contributed by atoms with van der Waals surface area (Å²) in [5, 5.41) is 9.65. The molecule has 0 aromatic carbocycles. The number of nitrogens with two attached hydrogens (primary N) is 1. The molecule has 3 heterocycles. The van der Waals surface area contributed by atoms with Gasteiger partial charge in [-0.3, -0.25) is 9.36 Å². The van der Waals surface area contributed by atoms with Crippen molar-refractivity contribution in [3.05, 3.63) is 18.6 Å². The van der Waals surface area contributed by atoms with Crippen molar-refractivity contribution in [2.24, 2.45) is 11.7 Å². The molecule has 0 aliphatic carbocycles. The molecule has 1 aliphatic heterocycles. The van der Waals surface area contributed by atoms with E-state index >= 15 is 0 Å². The number of ether oxygens (including phenoxy) is 3. The van der Waals surface area contributed by atoms with Crippen LogP contribution in [0.3, 0.4) is 0 Å². The standard InChI is InChI=1S/C23H31N7O6/c1-16-6-9-29(19(31)5-8-24)13-18(16)28(2)20-17-7-10-30(21(17)27-14-26-20)15-36-23(33)35-12-4-3-11-34-22(25)32/h7,10,14,16,18H,3-6,9,11-13,15H2,1-2H3,(H2,25,32)/t16-,18+/m1/s1. The zero-order chi connectivity index (χ0) is 26.1. The molecule has 0 saturated carbocycles. The van der Waals surface area contributed by atoms with Gasteiger partial charge < -0.3 is 29.7 Å². The highest BCUT2D eigenvalue weighted by Gasteiger charge is 2.32. The fourth-order valence-electron chi connectivity index (χ4n) is 4.19. The summed E-state index contributed by atoms with van der Waals surface area (Å²) in [7, 11) is 1.93. The minimum Gasteiger partial charge on any atom is -0.450 e. The van der Waals surface area contributed by atoms with Gasteiger partial charge in [0.1, 0.15) is 24.2 Å². The summed E-state index contributed by atoms with van der Waals surface area (Å²) in [5.41, 5.74) is 5.46. The van der Waals surface area contributed by atoms with E-state index in [0.29, 0.717) is 43.3 Å². The molecule has 2 aromatic heterocycles. The summed E-state index contributed by atoms with van der Waals surface area (Å²) in [5.74, 6) is 0.851. The van der Waals surface area contributed by atoms with E-state index in [0.717, 1.165) is 11.8 Å². The summed E-state index contributed by atoms with van der Waals surface area (Å²) >= 11 is 0. The number of rotatable bonds is 10. The number of primary amides is 1. The summed E-state index contributed by atoms with van der Waals surface area (Å²) in [6, 6.07) is 3.79. The van der Waals surface area contributed by atoms with Crippen molar-refractivity contribution < 1.29 is 28.6 Å². The normalized spacial score (nSPS) is 17.3. The van der Waals surface area contributed by atoms with Crippen molar-refractivity contribution in [1.82, 2.24) is 19.4 Å². The Hall–Kier alpha value is -4.08. The Morgan fingerprint density at radius 2 is 1.97 bits per heavy atom. The second-order valence-corrected chi connectivity index (χ2v) is 8.59. The summed E-state index contributed by atoms with van der Waals surface area (Å²) in [4.78, 5) is 47.3. The number of unbranched alkanes of at least 4 members (excludes halogenated alkanes) is 1. The lowest BCUT2D eigenvalue weighted by atomic mass is 9.92. The number of nitriles is 1. The fourth-order valence-corrected chi connectivity index (χ4v) is 4.19. The van der Waals surface area contributed by atoms with E-state index in [2.05, 4.69) is 21.6 Å². The van der Waals surface area contributed by atoms with Crippen LogP contribution >= 0.6 is 0 Å². The van der Waals surface area contributed by atoms with Gasteiger partial charge in [0.15, 0.2) is 6.73 Å². The fraction of sp³-hybridized carbons (Fsp3) is 0.565. The molecule has 194 valence electrons. The van der Waals surface area contributed by atoms with Gasteiger partial charge in [-0.2, -0.15) is 5.26 Å². The number of carbonyl (C=O) groups is 3. The molecule has 1 fully saturated rings. The summed E-state index contributed by atoms with van der Waals surface area (Å²) in [6.45, 7) is 3.47. The van der Waals surface area contributed by atoms with Crippen LogP contribution < -0.4 is 10.6 Å². The highest BCUT2D eigenvalue weighted by molar-refractivity contribution is 5.88. The molecule has 2 amide bonds.